The smallest absolute Gasteiger partial charge is 0.261 e. The summed E-state index contributed by atoms with van der Waals surface area (Å²) in [6.07, 6.45) is -0.656. The van der Waals surface area contributed by atoms with E-state index in [9.17, 15) is 13.6 Å². The van der Waals surface area contributed by atoms with Crippen molar-refractivity contribution in [3.05, 3.63) is 23.3 Å². The lowest BCUT2D eigenvalue weighted by Gasteiger charge is -2.05. The molecule has 4 nitrogen and oxygen atoms in total. The number of ether oxygens (including phenoxy) is 1. The molecule has 0 amide bonds. The molecule has 1 rings (SSSR count). The molecule has 0 aliphatic heterocycles. The Morgan fingerprint density at radius 2 is 2.24 bits per heavy atom. The Labute approximate surface area is 98.0 Å². The highest BCUT2D eigenvalue weighted by Gasteiger charge is 2.07. The molecule has 0 spiro atoms. The number of halogens is 2. The quantitative estimate of drug-likeness (QED) is 0.565. The van der Waals surface area contributed by atoms with Gasteiger partial charge in [-0.25, -0.2) is 18.7 Å². The van der Waals surface area contributed by atoms with Crippen LogP contribution in [0.5, 0.6) is 0 Å². The number of hydrogen-bond donors (Lipinski definition) is 0. The third-order valence-corrected chi connectivity index (χ3v) is 2.12. The molecule has 0 radical (unpaired) electrons. The average molecular weight is 244 g/mol. The van der Waals surface area contributed by atoms with Gasteiger partial charge in [-0.2, -0.15) is 0 Å². The van der Waals surface area contributed by atoms with Crippen LogP contribution in [-0.4, -0.2) is 35.4 Å². The minimum atomic E-state index is -2.46. The Kier molecular flexibility index (Phi) is 5.09. The summed E-state index contributed by atoms with van der Waals surface area (Å²) in [5.41, 5.74) is 1.07. The van der Waals surface area contributed by atoms with E-state index in [4.69, 9.17) is 4.74 Å². The number of aromatic nitrogens is 2. The summed E-state index contributed by atoms with van der Waals surface area (Å²) in [5.74, 6) is 0.393. The van der Waals surface area contributed by atoms with Gasteiger partial charge in [0.15, 0.2) is 5.78 Å². The van der Waals surface area contributed by atoms with Crippen LogP contribution in [0.25, 0.3) is 0 Å². The number of rotatable bonds is 6. The molecule has 0 aliphatic carbocycles. The summed E-state index contributed by atoms with van der Waals surface area (Å²) in [5, 5.41) is 0. The lowest BCUT2D eigenvalue weighted by atomic mass is 10.2. The minimum absolute atomic E-state index is 0.0944. The summed E-state index contributed by atoms with van der Waals surface area (Å²) in [6, 6.07) is 0. The second-order valence-corrected chi connectivity index (χ2v) is 3.56. The van der Waals surface area contributed by atoms with Crippen LogP contribution in [0, 0.1) is 6.92 Å². The maximum absolute atomic E-state index is 11.8. The van der Waals surface area contributed by atoms with Gasteiger partial charge in [-0.1, -0.05) is 0 Å². The minimum Gasteiger partial charge on any atom is -0.375 e. The van der Waals surface area contributed by atoms with Crippen molar-refractivity contribution in [2.24, 2.45) is 0 Å². The Morgan fingerprint density at radius 1 is 1.53 bits per heavy atom. The number of carbonyl (C=O) groups is 1. The fourth-order valence-corrected chi connectivity index (χ4v) is 1.32. The monoisotopic (exact) mass is 244 g/mol. The van der Waals surface area contributed by atoms with Crippen molar-refractivity contribution in [1.29, 1.82) is 0 Å². The third-order valence-electron chi connectivity index (χ3n) is 2.12. The second-order valence-electron chi connectivity index (χ2n) is 3.56. The van der Waals surface area contributed by atoms with Gasteiger partial charge in [0.05, 0.1) is 17.9 Å². The number of ketones is 1. The zero-order chi connectivity index (χ0) is 12.8. The van der Waals surface area contributed by atoms with E-state index in [-0.39, 0.29) is 12.4 Å². The molecule has 0 fully saturated rings. The fraction of sp³-hybridized carbons (Fsp3) is 0.545. The summed E-state index contributed by atoms with van der Waals surface area (Å²) in [4.78, 5) is 19.2. The Balaban J connectivity index is 2.50. The van der Waals surface area contributed by atoms with E-state index < -0.39 is 13.0 Å². The van der Waals surface area contributed by atoms with E-state index in [0.29, 0.717) is 23.5 Å². The molecule has 1 heterocycles. The summed E-state index contributed by atoms with van der Waals surface area (Å²) >= 11 is 0. The highest BCUT2D eigenvalue weighted by atomic mass is 19.3. The first-order valence-electron chi connectivity index (χ1n) is 5.20. The topological polar surface area (TPSA) is 52.1 Å². The first-order chi connectivity index (χ1) is 8.00. The summed E-state index contributed by atoms with van der Waals surface area (Å²) < 4.78 is 28.3. The number of aryl methyl sites for hydroxylation is 1. The van der Waals surface area contributed by atoms with Crippen molar-refractivity contribution in [3.8, 4) is 0 Å². The molecular formula is C11H14F2N2O2. The molecule has 0 aliphatic rings. The van der Waals surface area contributed by atoms with E-state index in [1.807, 2.05) is 0 Å². The zero-order valence-corrected chi connectivity index (χ0v) is 9.74. The molecular weight excluding hydrogens is 230 g/mol. The molecule has 17 heavy (non-hydrogen) atoms. The highest BCUT2D eigenvalue weighted by molar-refractivity contribution is 5.94. The van der Waals surface area contributed by atoms with E-state index >= 15 is 0 Å². The largest absolute Gasteiger partial charge is 0.375 e. The zero-order valence-electron chi connectivity index (χ0n) is 9.74. The van der Waals surface area contributed by atoms with Gasteiger partial charge in [-0.05, 0) is 13.8 Å². The Bertz CT molecular complexity index is 397. The highest BCUT2D eigenvalue weighted by Crippen LogP contribution is 2.05. The van der Waals surface area contributed by atoms with Crippen LogP contribution in [0.3, 0.4) is 0 Å². The van der Waals surface area contributed by atoms with Gasteiger partial charge >= 0.3 is 0 Å². The molecule has 1 aromatic rings. The van der Waals surface area contributed by atoms with Crippen LogP contribution in [0.15, 0.2) is 6.20 Å². The Hall–Kier alpha value is -1.43. The van der Waals surface area contributed by atoms with Gasteiger partial charge in [0.25, 0.3) is 6.43 Å². The van der Waals surface area contributed by atoms with Gasteiger partial charge in [0, 0.05) is 12.6 Å². The van der Waals surface area contributed by atoms with Gasteiger partial charge < -0.3 is 4.74 Å². The predicted octanol–water partition coefficient (Wildman–Crippen LogP) is 1.81. The normalized spacial score (nSPS) is 10.9. The van der Waals surface area contributed by atoms with Crippen LogP contribution >= 0.6 is 0 Å². The van der Waals surface area contributed by atoms with Crippen molar-refractivity contribution >= 4 is 5.78 Å². The van der Waals surface area contributed by atoms with Crippen LogP contribution < -0.4 is 0 Å². The number of nitrogens with zero attached hydrogens (tertiary/aromatic N) is 2. The van der Waals surface area contributed by atoms with Crippen molar-refractivity contribution in [2.75, 3.05) is 13.2 Å². The standard InChI is InChI=1S/C11H14F2N2O2/c1-7-9(8(2)16)5-14-11(15-7)3-4-17-6-10(12)13/h5,10H,3-4,6H2,1-2H3. The van der Waals surface area contributed by atoms with Crippen molar-refractivity contribution in [2.45, 2.75) is 26.7 Å². The van der Waals surface area contributed by atoms with Crippen LogP contribution in [0.4, 0.5) is 8.78 Å². The predicted molar refractivity (Wildman–Crippen MR) is 57.3 cm³/mol. The lowest BCUT2D eigenvalue weighted by molar-refractivity contribution is 0.0182. The first-order valence-corrected chi connectivity index (χ1v) is 5.20. The molecule has 6 heteroatoms. The fourth-order valence-electron chi connectivity index (χ4n) is 1.32. The van der Waals surface area contributed by atoms with Gasteiger partial charge in [0.2, 0.25) is 0 Å². The maximum Gasteiger partial charge on any atom is 0.261 e. The molecule has 1 aromatic heterocycles. The van der Waals surface area contributed by atoms with E-state index in [2.05, 4.69) is 9.97 Å². The van der Waals surface area contributed by atoms with Gasteiger partial charge in [-0.3, -0.25) is 4.79 Å². The van der Waals surface area contributed by atoms with Gasteiger partial charge in [-0.15, -0.1) is 0 Å². The molecule has 0 bridgehead atoms. The first kappa shape index (κ1) is 13.6. The molecule has 94 valence electrons. The van der Waals surface area contributed by atoms with E-state index in [1.54, 1.807) is 6.92 Å². The van der Waals surface area contributed by atoms with Crippen LogP contribution in [0.2, 0.25) is 0 Å². The number of Topliss-reactive ketones (excluding diaryl/α,β-unsaturated/α-hetero) is 1. The van der Waals surface area contributed by atoms with Crippen LogP contribution in [-0.2, 0) is 11.2 Å². The van der Waals surface area contributed by atoms with Crippen molar-refractivity contribution < 1.29 is 18.3 Å². The molecule has 0 saturated carbocycles. The maximum atomic E-state index is 11.8. The summed E-state index contributed by atoms with van der Waals surface area (Å²) in [7, 11) is 0. The molecule has 0 saturated heterocycles. The average Bonchev–Trinajstić information content (AvgIpc) is 2.23. The molecule has 0 N–H and O–H groups in total. The number of alkyl halides is 2. The molecule has 0 aromatic carbocycles. The number of carbonyl (C=O) groups excluding carboxylic acids is 1. The Morgan fingerprint density at radius 3 is 2.76 bits per heavy atom. The molecule has 0 unspecified atom stereocenters. The van der Waals surface area contributed by atoms with Gasteiger partial charge in [0.1, 0.15) is 12.4 Å². The van der Waals surface area contributed by atoms with Crippen molar-refractivity contribution in [1.82, 2.24) is 9.97 Å². The van der Waals surface area contributed by atoms with Crippen molar-refractivity contribution in [3.63, 3.8) is 0 Å². The second kappa shape index (κ2) is 6.34. The van der Waals surface area contributed by atoms with E-state index in [1.165, 1.54) is 13.1 Å². The van der Waals surface area contributed by atoms with Crippen LogP contribution in [0.1, 0.15) is 28.8 Å². The third kappa shape index (κ3) is 4.52. The summed E-state index contributed by atoms with van der Waals surface area (Å²) in [6.45, 7) is 2.72. The lowest BCUT2D eigenvalue weighted by Crippen LogP contribution is -2.10. The SMILES string of the molecule is CC(=O)c1cnc(CCOCC(F)F)nc1C. The molecule has 0 atom stereocenters. The number of hydrogen-bond acceptors (Lipinski definition) is 4. The van der Waals surface area contributed by atoms with E-state index in [0.717, 1.165) is 0 Å².